The highest BCUT2D eigenvalue weighted by molar-refractivity contribution is 5.90. The highest BCUT2D eigenvalue weighted by Gasteiger charge is 2.19. The summed E-state index contributed by atoms with van der Waals surface area (Å²) in [5, 5.41) is 9.41. The van der Waals surface area contributed by atoms with Crippen LogP contribution >= 0.6 is 0 Å². The lowest BCUT2D eigenvalue weighted by atomic mass is 9.81. The average Bonchev–Trinajstić information content (AvgIpc) is 2.76. The summed E-state index contributed by atoms with van der Waals surface area (Å²) in [5.41, 5.74) is 0. The van der Waals surface area contributed by atoms with Gasteiger partial charge < -0.3 is 5.32 Å². The quantitative estimate of drug-likeness (QED) is 0.859. The van der Waals surface area contributed by atoms with Crippen molar-refractivity contribution in [3.63, 3.8) is 0 Å². The van der Waals surface area contributed by atoms with Crippen LogP contribution in [0.4, 0.5) is 0 Å². The molecule has 5 heteroatoms. The first-order valence-electron chi connectivity index (χ1n) is 6.82. The molecule has 0 bridgehead atoms. The van der Waals surface area contributed by atoms with Crippen LogP contribution in [-0.2, 0) is 0 Å². The van der Waals surface area contributed by atoms with Crippen molar-refractivity contribution in [3.05, 3.63) is 11.6 Å². The zero-order valence-corrected chi connectivity index (χ0v) is 11.2. The molecule has 1 aliphatic carbocycles. The molecule has 1 saturated carbocycles. The Morgan fingerprint density at radius 1 is 1.50 bits per heavy atom. The fourth-order valence-electron chi connectivity index (χ4n) is 2.74. The van der Waals surface area contributed by atoms with Gasteiger partial charge in [-0.2, -0.15) is 0 Å². The molecule has 2 rings (SSSR count). The molecule has 2 unspecified atom stereocenters. The highest BCUT2D eigenvalue weighted by Crippen LogP contribution is 2.30. The molecular weight excluding hydrogens is 228 g/mol. The van der Waals surface area contributed by atoms with Crippen molar-refractivity contribution in [2.24, 2.45) is 11.8 Å². The Hall–Kier alpha value is -1.39. The minimum Gasteiger partial charge on any atom is -0.349 e. The van der Waals surface area contributed by atoms with Crippen LogP contribution in [0.15, 0.2) is 0 Å². The first-order valence-corrected chi connectivity index (χ1v) is 6.82. The Labute approximate surface area is 108 Å². The summed E-state index contributed by atoms with van der Waals surface area (Å²) in [6.07, 6.45) is 6.37. The van der Waals surface area contributed by atoms with E-state index < -0.39 is 0 Å². The van der Waals surface area contributed by atoms with Gasteiger partial charge >= 0.3 is 0 Å². The first kappa shape index (κ1) is 13.1. The number of carbonyl (C=O) groups excluding carboxylic acids is 1. The molecule has 0 aliphatic heterocycles. The van der Waals surface area contributed by atoms with Crippen molar-refractivity contribution in [1.29, 1.82) is 0 Å². The maximum absolute atomic E-state index is 11.7. The number of hydrogen-bond donors (Lipinski definition) is 2. The number of H-pyrrole nitrogens is 1. The second-order valence-electron chi connectivity index (χ2n) is 5.43. The van der Waals surface area contributed by atoms with Crippen molar-refractivity contribution in [2.75, 3.05) is 6.54 Å². The third-order valence-electron chi connectivity index (χ3n) is 3.68. The van der Waals surface area contributed by atoms with Crippen molar-refractivity contribution in [2.45, 2.75) is 46.0 Å². The van der Waals surface area contributed by atoms with Gasteiger partial charge in [0, 0.05) is 6.54 Å². The number of rotatable bonds is 4. The summed E-state index contributed by atoms with van der Waals surface area (Å²) in [6.45, 7) is 4.83. The predicted molar refractivity (Wildman–Crippen MR) is 69.2 cm³/mol. The average molecular weight is 250 g/mol. The van der Waals surface area contributed by atoms with Gasteiger partial charge in [-0.3, -0.25) is 9.89 Å². The number of aromatic amines is 1. The second-order valence-corrected chi connectivity index (χ2v) is 5.43. The van der Waals surface area contributed by atoms with Crippen LogP contribution in [0.5, 0.6) is 0 Å². The van der Waals surface area contributed by atoms with Gasteiger partial charge in [-0.05, 0) is 31.6 Å². The molecule has 1 aromatic rings. The molecule has 100 valence electrons. The summed E-state index contributed by atoms with van der Waals surface area (Å²) >= 11 is 0. The molecule has 1 fully saturated rings. The molecule has 1 aliphatic rings. The highest BCUT2D eigenvalue weighted by atomic mass is 16.2. The third-order valence-corrected chi connectivity index (χ3v) is 3.68. The van der Waals surface area contributed by atoms with E-state index in [1.165, 1.54) is 25.7 Å². The Bertz CT molecular complexity index is 401. The lowest BCUT2D eigenvalue weighted by Crippen LogP contribution is -2.28. The fourth-order valence-corrected chi connectivity index (χ4v) is 2.74. The molecular formula is C13H22N4O. The molecule has 5 nitrogen and oxygen atoms in total. The third kappa shape index (κ3) is 3.55. The van der Waals surface area contributed by atoms with E-state index >= 15 is 0 Å². The SMILES string of the molecule is Cc1nc(C(=O)NCCC2CCCC(C)C2)n[nH]1. The molecule has 0 saturated heterocycles. The van der Waals surface area contributed by atoms with Crippen molar-refractivity contribution in [1.82, 2.24) is 20.5 Å². The van der Waals surface area contributed by atoms with Crippen molar-refractivity contribution in [3.8, 4) is 0 Å². The number of hydrogen-bond acceptors (Lipinski definition) is 3. The zero-order valence-electron chi connectivity index (χ0n) is 11.2. The number of nitrogens with one attached hydrogen (secondary N) is 2. The van der Waals surface area contributed by atoms with Gasteiger partial charge in [0.05, 0.1) is 0 Å². The summed E-state index contributed by atoms with van der Waals surface area (Å²) in [7, 11) is 0. The molecule has 1 amide bonds. The zero-order chi connectivity index (χ0) is 13.0. The van der Waals surface area contributed by atoms with Gasteiger partial charge in [0.25, 0.3) is 5.91 Å². The maximum atomic E-state index is 11.7. The minimum absolute atomic E-state index is 0.178. The molecule has 1 heterocycles. The lowest BCUT2D eigenvalue weighted by Gasteiger charge is -2.26. The molecule has 2 N–H and O–H groups in total. The van der Waals surface area contributed by atoms with E-state index in [-0.39, 0.29) is 11.7 Å². The predicted octanol–water partition coefficient (Wildman–Crippen LogP) is 2.06. The Kier molecular flexibility index (Phi) is 4.33. The number of nitrogens with zero attached hydrogens (tertiary/aromatic N) is 2. The lowest BCUT2D eigenvalue weighted by molar-refractivity contribution is 0.0939. The van der Waals surface area contributed by atoms with E-state index in [1.54, 1.807) is 6.92 Å². The van der Waals surface area contributed by atoms with Gasteiger partial charge in [-0.25, -0.2) is 4.98 Å². The first-order chi connectivity index (χ1) is 8.65. The van der Waals surface area contributed by atoms with Crippen LogP contribution in [0.25, 0.3) is 0 Å². The van der Waals surface area contributed by atoms with Gasteiger partial charge in [-0.1, -0.05) is 26.2 Å². The normalized spacial score (nSPS) is 23.9. The number of aryl methyl sites for hydroxylation is 1. The van der Waals surface area contributed by atoms with Crippen LogP contribution < -0.4 is 5.32 Å². The molecule has 18 heavy (non-hydrogen) atoms. The van der Waals surface area contributed by atoms with E-state index in [2.05, 4.69) is 27.4 Å². The van der Waals surface area contributed by atoms with E-state index in [0.717, 1.165) is 24.8 Å². The maximum Gasteiger partial charge on any atom is 0.290 e. The van der Waals surface area contributed by atoms with E-state index in [1.807, 2.05) is 0 Å². The van der Waals surface area contributed by atoms with Crippen LogP contribution in [-0.4, -0.2) is 27.6 Å². The summed E-state index contributed by atoms with van der Waals surface area (Å²) in [4.78, 5) is 15.7. The summed E-state index contributed by atoms with van der Waals surface area (Å²) in [5.74, 6) is 2.34. The Morgan fingerprint density at radius 3 is 3.00 bits per heavy atom. The Morgan fingerprint density at radius 2 is 2.33 bits per heavy atom. The largest absolute Gasteiger partial charge is 0.349 e. The van der Waals surface area contributed by atoms with Gasteiger partial charge in [0.2, 0.25) is 5.82 Å². The Balaban J connectivity index is 1.70. The molecule has 2 atom stereocenters. The molecule has 0 radical (unpaired) electrons. The topological polar surface area (TPSA) is 70.7 Å². The van der Waals surface area contributed by atoms with Gasteiger partial charge in [-0.15, -0.1) is 5.10 Å². The smallest absolute Gasteiger partial charge is 0.290 e. The van der Waals surface area contributed by atoms with Gasteiger partial charge in [0.1, 0.15) is 5.82 Å². The molecule has 0 spiro atoms. The van der Waals surface area contributed by atoms with Crippen LogP contribution in [0.1, 0.15) is 55.5 Å². The number of carbonyl (C=O) groups is 1. The van der Waals surface area contributed by atoms with Crippen LogP contribution in [0.3, 0.4) is 0 Å². The number of amides is 1. The number of aromatic nitrogens is 3. The standard InChI is InChI=1S/C13H22N4O/c1-9-4-3-5-11(8-9)6-7-14-13(18)12-15-10(2)16-17-12/h9,11H,3-8H2,1-2H3,(H,14,18)(H,15,16,17). The monoisotopic (exact) mass is 250 g/mol. The van der Waals surface area contributed by atoms with E-state index in [9.17, 15) is 4.79 Å². The van der Waals surface area contributed by atoms with E-state index in [0.29, 0.717) is 5.82 Å². The van der Waals surface area contributed by atoms with Gasteiger partial charge in [0.15, 0.2) is 0 Å². The summed E-state index contributed by atoms with van der Waals surface area (Å²) in [6, 6.07) is 0. The van der Waals surface area contributed by atoms with Crippen molar-refractivity contribution < 1.29 is 4.79 Å². The second kappa shape index (κ2) is 5.98. The minimum atomic E-state index is -0.178. The van der Waals surface area contributed by atoms with E-state index in [4.69, 9.17) is 0 Å². The van der Waals surface area contributed by atoms with Crippen LogP contribution in [0, 0.1) is 18.8 Å². The summed E-state index contributed by atoms with van der Waals surface area (Å²) < 4.78 is 0. The fraction of sp³-hybridized carbons (Fsp3) is 0.769. The van der Waals surface area contributed by atoms with Crippen LogP contribution in [0.2, 0.25) is 0 Å². The van der Waals surface area contributed by atoms with Crippen molar-refractivity contribution >= 4 is 5.91 Å². The molecule has 0 aromatic carbocycles. The molecule has 1 aromatic heterocycles.